The minimum Gasteiger partial charge on any atom is -0.469 e. The molecule has 2 aliphatic rings. The molecule has 0 radical (unpaired) electrons. The quantitative estimate of drug-likeness (QED) is 0.175. The standard InChI is InChI=1S/C38H56O2/c1-4-6-8-9-10-12-30-13-15-31(16-14-30)32-17-19-33(20-18-32)34-21-23-35(24-22-34)36-25-28-38(29-26-36,37(39)40-3)27-11-7-5-2/h17-24,30-31,36H,4-16,25-29H2,1-3H3. The fourth-order valence-electron chi connectivity index (χ4n) is 7.71. The van der Waals surface area contributed by atoms with E-state index in [0.717, 1.165) is 50.4 Å². The zero-order chi connectivity index (χ0) is 28.2. The van der Waals surface area contributed by atoms with Crippen molar-refractivity contribution in [3.8, 4) is 11.1 Å². The Labute approximate surface area is 245 Å². The van der Waals surface area contributed by atoms with Crippen LogP contribution in [0.25, 0.3) is 11.1 Å². The van der Waals surface area contributed by atoms with Gasteiger partial charge in [0, 0.05) is 0 Å². The zero-order valence-electron chi connectivity index (χ0n) is 25.9. The number of methoxy groups -OCH3 is 1. The van der Waals surface area contributed by atoms with Crippen LogP contribution in [0.2, 0.25) is 0 Å². The first kappa shape index (κ1) is 30.9. The number of benzene rings is 2. The maximum absolute atomic E-state index is 12.7. The molecule has 0 N–H and O–H groups in total. The van der Waals surface area contributed by atoms with Gasteiger partial charge in [0.25, 0.3) is 0 Å². The summed E-state index contributed by atoms with van der Waals surface area (Å²) in [7, 11) is 1.56. The molecule has 4 rings (SSSR count). The van der Waals surface area contributed by atoms with Crippen molar-refractivity contribution < 1.29 is 9.53 Å². The van der Waals surface area contributed by atoms with Gasteiger partial charge in [-0.1, -0.05) is 120 Å². The number of hydrogen-bond donors (Lipinski definition) is 0. The second-order valence-corrected chi connectivity index (χ2v) is 13.2. The molecule has 40 heavy (non-hydrogen) atoms. The third kappa shape index (κ3) is 8.23. The van der Waals surface area contributed by atoms with Gasteiger partial charge in [-0.15, -0.1) is 0 Å². The van der Waals surface area contributed by atoms with Crippen LogP contribution in [0.3, 0.4) is 0 Å². The molecule has 2 aliphatic carbocycles. The van der Waals surface area contributed by atoms with Gasteiger partial charge in [-0.25, -0.2) is 0 Å². The van der Waals surface area contributed by atoms with Crippen LogP contribution in [0, 0.1) is 11.3 Å². The highest BCUT2D eigenvalue weighted by molar-refractivity contribution is 5.77. The number of hydrogen-bond acceptors (Lipinski definition) is 2. The first-order valence-electron chi connectivity index (χ1n) is 16.9. The molecule has 2 fully saturated rings. The molecular weight excluding hydrogens is 488 g/mol. The lowest BCUT2D eigenvalue weighted by molar-refractivity contribution is -0.155. The minimum atomic E-state index is -0.254. The van der Waals surface area contributed by atoms with Crippen LogP contribution in [0.4, 0.5) is 0 Å². The van der Waals surface area contributed by atoms with Crippen LogP contribution in [-0.4, -0.2) is 13.1 Å². The van der Waals surface area contributed by atoms with Crippen molar-refractivity contribution in [3.05, 3.63) is 59.7 Å². The Morgan fingerprint density at radius 2 is 1.18 bits per heavy atom. The molecule has 0 aliphatic heterocycles. The van der Waals surface area contributed by atoms with E-state index in [4.69, 9.17) is 4.74 Å². The van der Waals surface area contributed by atoms with Crippen LogP contribution in [0.15, 0.2) is 48.5 Å². The lowest BCUT2D eigenvalue weighted by atomic mass is 9.66. The van der Waals surface area contributed by atoms with Crippen LogP contribution in [-0.2, 0) is 9.53 Å². The molecule has 2 heteroatoms. The highest BCUT2D eigenvalue weighted by Gasteiger charge is 2.42. The van der Waals surface area contributed by atoms with E-state index < -0.39 is 0 Å². The third-order valence-electron chi connectivity index (χ3n) is 10.5. The fourth-order valence-corrected chi connectivity index (χ4v) is 7.71. The van der Waals surface area contributed by atoms with E-state index in [2.05, 4.69) is 62.4 Å². The smallest absolute Gasteiger partial charge is 0.311 e. The molecule has 0 spiro atoms. The van der Waals surface area contributed by atoms with E-state index in [1.165, 1.54) is 99.3 Å². The minimum absolute atomic E-state index is 0.0201. The first-order chi connectivity index (χ1) is 19.6. The average molecular weight is 545 g/mol. The number of carbonyl (C=O) groups excluding carboxylic acids is 1. The van der Waals surface area contributed by atoms with Crippen molar-refractivity contribution in [1.82, 2.24) is 0 Å². The molecule has 0 atom stereocenters. The van der Waals surface area contributed by atoms with Gasteiger partial charge in [0.1, 0.15) is 0 Å². The van der Waals surface area contributed by atoms with E-state index in [-0.39, 0.29) is 11.4 Å². The molecule has 220 valence electrons. The lowest BCUT2D eigenvalue weighted by Crippen LogP contribution is -2.36. The summed E-state index contributed by atoms with van der Waals surface area (Å²) < 4.78 is 5.27. The van der Waals surface area contributed by atoms with Crippen molar-refractivity contribution >= 4 is 5.97 Å². The molecule has 2 aromatic rings. The van der Waals surface area contributed by atoms with Gasteiger partial charge >= 0.3 is 5.97 Å². The molecule has 0 heterocycles. The largest absolute Gasteiger partial charge is 0.469 e. The van der Waals surface area contributed by atoms with Gasteiger partial charge in [-0.3, -0.25) is 4.79 Å². The van der Waals surface area contributed by atoms with Gasteiger partial charge in [-0.2, -0.15) is 0 Å². The van der Waals surface area contributed by atoms with Crippen molar-refractivity contribution in [3.63, 3.8) is 0 Å². The summed E-state index contributed by atoms with van der Waals surface area (Å²) >= 11 is 0. The Kier molecular flexibility index (Phi) is 12.2. The third-order valence-corrected chi connectivity index (χ3v) is 10.5. The zero-order valence-corrected chi connectivity index (χ0v) is 25.9. The van der Waals surface area contributed by atoms with Gasteiger partial charge < -0.3 is 4.74 Å². The number of unbranched alkanes of at least 4 members (excludes halogenated alkanes) is 6. The number of carbonyl (C=O) groups is 1. The van der Waals surface area contributed by atoms with Crippen LogP contribution in [0.1, 0.15) is 152 Å². The number of rotatable bonds is 14. The molecule has 2 aromatic carbocycles. The topological polar surface area (TPSA) is 26.3 Å². The van der Waals surface area contributed by atoms with Gasteiger partial charge in [0.2, 0.25) is 0 Å². The average Bonchev–Trinajstić information content (AvgIpc) is 3.01. The Balaban J connectivity index is 1.26. The molecule has 0 amide bonds. The predicted molar refractivity (Wildman–Crippen MR) is 170 cm³/mol. The van der Waals surface area contributed by atoms with E-state index in [9.17, 15) is 4.79 Å². The van der Waals surface area contributed by atoms with Crippen molar-refractivity contribution in [2.24, 2.45) is 11.3 Å². The predicted octanol–water partition coefficient (Wildman–Crippen LogP) is 11.4. The summed E-state index contributed by atoms with van der Waals surface area (Å²) in [6, 6.07) is 18.7. The molecular formula is C38H56O2. The monoisotopic (exact) mass is 544 g/mol. The lowest BCUT2D eigenvalue weighted by Gasteiger charge is -2.38. The van der Waals surface area contributed by atoms with E-state index in [1.807, 2.05) is 0 Å². The maximum atomic E-state index is 12.7. The molecule has 2 nitrogen and oxygen atoms in total. The Bertz CT molecular complexity index is 989. The maximum Gasteiger partial charge on any atom is 0.311 e. The van der Waals surface area contributed by atoms with E-state index >= 15 is 0 Å². The van der Waals surface area contributed by atoms with E-state index in [0.29, 0.717) is 5.92 Å². The molecule has 0 aromatic heterocycles. The molecule has 2 saturated carbocycles. The molecule has 0 unspecified atom stereocenters. The SMILES string of the molecule is CCCCCCCC1CCC(c2ccc(-c3ccc(C4CCC(CCCCC)(C(=O)OC)CC4)cc3)cc2)CC1. The number of esters is 1. The van der Waals surface area contributed by atoms with Gasteiger partial charge in [-0.05, 0) is 97.8 Å². The van der Waals surface area contributed by atoms with Crippen LogP contribution >= 0.6 is 0 Å². The first-order valence-corrected chi connectivity index (χ1v) is 16.9. The summed E-state index contributed by atoms with van der Waals surface area (Å²) in [6.07, 6.45) is 22.7. The number of ether oxygens (including phenoxy) is 1. The Morgan fingerprint density at radius 3 is 1.70 bits per heavy atom. The van der Waals surface area contributed by atoms with Gasteiger partial charge in [0.15, 0.2) is 0 Å². The van der Waals surface area contributed by atoms with Crippen LogP contribution in [0.5, 0.6) is 0 Å². The Morgan fingerprint density at radius 1 is 0.675 bits per heavy atom. The van der Waals surface area contributed by atoms with E-state index in [1.54, 1.807) is 7.11 Å². The fraction of sp³-hybridized carbons (Fsp3) is 0.658. The summed E-state index contributed by atoms with van der Waals surface area (Å²) in [5, 5.41) is 0. The van der Waals surface area contributed by atoms with Gasteiger partial charge in [0.05, 0.1) is 12.5 Å². The molecule has 0 saturated heterocycles. The Hall–Kier alpha value is -2.09. The second kappa shape index (κ2) is 15.8. The summed E-state index contributed by atoms with van der Waals surface area (Å²) in [5.74, 6) is 2.29. The van der Waals surface area contributed by atoms with Crippen LogP contribution < -0.4 is 0 Å². The summed E-state index contributed by atoms with van der Waals surface area (Å²) in [4.78, 5) is 12.7. The highest BCUT2D eigenvalue weighted by atomic mass is 16.5. The summed E-state index contributed by atoms with van der Waals surface area (Å²) in [5.41, 5.74) is 5.34. The highest BCUT2D eigenvalue weighted by Crippen LogP contribution is 2.47. The normalized spacial score (nSPS) is 25.0. The van der Waals surface area contributed by atoms with Crippen molar-refractivity contribution in [2.75, 3.05) is 7.11 Å². The van der Waals surface area contributed by atoms with Crippen molar-refractivity contribution in [1.29, 1.82) is 0 Å². The summed E-state index contributed by atoms with van der Waals surface area (Å²) in [6.45, 7) is 4.53. The second-order valence-electron chi connectivity index (χ2n) is 13.2. The van der Waals surface area contributed by atoms with Crippen molar-refractivity contribution in [2.45, 2.75) is 141 Å². The molecule has 0 bridgehead atoms.